The maximum absolute atomic E-state index is 5.73. The molecule has 3 N–H and O–H groups in total. The van der Waals surface area contributed by atoms with Crippen molar-refractivity contribution in [2.24, 2.45) is 5.73 Å². The lowest BCUT2D eigenvalue weighted by molar-refractivity contribution is 0.262. The van der Waals surface area contributed by atoms with Gasteiger partial charge in [-0.15, -0.1) is 0 Å². The monoisotopic (exact) mass is 194 g/mol. The van der Waals surface area contributed by atoms with Gasteiger partial charge in [0.05, 0.1) is 6.33 Å². The topological polar surface area (TPSA) is 55.9 Å². The van der Waals surface area contributed by atoms with Crippen molar-refractivity contribution in [3.05, 3.63) is 18.7 Å². The molecular formula is C10H18N4. The molecule has 14 heavy (non-hydrogen) atoms. The molecule has 1 aliphatic carbocycles. The van der Waals surface area contributed by atoms with E-state index in [1.165, 1.54) is 0 Å². The Kier molecular flexibility index (Phi) is 2.84. The minimum Gasteiger partial charge on any atom is -0.336 e. The molecule has 1 aliphatic rings. The second-order valence-electron chi connectivity index (χ2n) is 4.26. The fourth-order valence-corrected chi connectivity index (χ4v) is 1.96. The van der Waals surface area contributed by atoms with E-state index in [-0.39, 0.29) is 0 Å². The van der Waals surface area contributed by atoms with Gasteiger partial charge in [0.2, 0.25) is 0 Å². The van der Waals surface area contributed by atoms with Crippen LogP contribution in [0.4, 0.5) is 0 Å². The molecule has 1 heterocycles. The molecule has 1 aromatic heterocycles. The average Bonchev–Trinajstić information content (AvgIpc) is 2.54. The van der Waals surface area contributed by atoms with Crippen LogP contribution in [0.3, 0.4) is 0 Å². The Morgan fingerprint density at radius 2 is 2.43 bits per heavy atom. The second kappa shape index (κ2) is 4.11. The number of nitrogens with zero attached hydrogens (tertiary/aromatic N) is 2. The Morgan fingerprint density at radius 3 is 3.00 bits per heavy atom. The molecule has 0 aliphatic heterocycles. The van der Waals surface area contributed by atoms with Gasteiger partial charge < -0.3 is 15.6 Å². The lowest BCUT2D eigenvalue weighted by Crippen LogP contribution is -2.51. The average molecular weight is 194 g/mol. The highest BCUT2D eigenvalue weighted by molar-refractivity contribution is 4.89. The highest BCUT2D eigenvalue weighted by Crippen LogP contribution is 2.17. The van der Waals surface area contributed by atoms with Crippen molar-refractivity contribution in [1.82, 2.24) is 14.9 Å². The number of rotatable bonds is 4. The van der Waals surface area contributed by atoms with Gasteiger partial charge in [-0.1, -0.05) is 0 Å². The maximum atomic E-state index is 5.73. The summed E-state index contributed by atoms with van der Waals surface area (Å²) in [5.74, 6) is 0. The van der Waals surface area contributed by atoms with E-state index in [1.54, 1.807) is 0 Å². The minimum absolute atomic E-state index is 0.424. The van der Waals surface area contributed by atoms with Crippen molar-refractivity contribution in [3.8, 4) is 0 Å². The first-order chi connectivity index (χ1) is 6.74. The molecule has 1 fully saturated rings. The van der Waals surface area contributed by atoms with E-state index < -0.39 is 0 Å². The molecule has 0 spiro atoms. The Balaban J connectivity index is 1.71. The van der Waals surface area contributed by atoms with Crippen molar-refractivity contribution >= 4 is 0 Å². The Labute approximate surface area is 84.5 Å². The fraction of sp³-hybridized carbons (Fsp3) is 0.700. The van der Waals surface area contributed by atoms with E-state index in [0.29, 0.717) is 18.1 Å². The molecule has 4 heteroatoms. The van der Waals surface area contributed by atoms with Gasteiger partial charge in [0, 0.05) is 37.1 Å². The number of nitrogens with one attached hydrogen (secondary N) is 1. The Hall–Kier alpha value is -0.870. The van der Waals surface area contributed by atoms with Gasteiger partial charge >= 0.3 is 0 Å². The maximum Gasteiger partial charge on any atom is 0.0946 e. The second-order valence-corrected chi connectivity index (χ2v) is 4.26. The van der Waals surface area contributed by atoms with Crippen LogP contribution in [0.25, 0.3) is 0 Å². The molecule has 1 saturated carbocycles. The van der Waals surface area contributed by atoms with Gasteiger partial charge in [-0.25, -0.2) is 4.98 Å². The summed E-state index contributed by atoms with van der Waals surface area (Å²) in [6.07, 6.45) is 7.89. The molecule has 0 bridgehead atoms. The Morgan fingerprint density at radius 1 is 1.64 bits per heavy atom. The lowest BCUT2D eigenvalue weighted by atomic mass is 9.87. The summed E-state index contributed by atoms with van der Waals surface area (Å²) in [5, 5.41) is 3.56. The van der Waals surface area contributed by atoms with Gasteiger partial charge in [0.15, 0.2) is 0 Å². The molecule has 0 saturated heterocycles. The molecular weight excluding hydrogens is 176 g/mol. The predicted octanol–water partition coefficient (Wildman–Crippen LogP) is 0.351. The van der Waals surface area contributed by atoms with Crippen molar-refractivity contribution in [2.45, 2.75) is 44.4 Å². The largest absolute Gasteiger partial charge is 0.336 e. The van der Waals surface area contributed by atoms with Gasteiger partial charge in [-0.3, -0.25) is 0 Å². The molecule has 2 rings (SSSR count). The SMILES string of the molecule is CC(Cn1ccnc1)NC1CC(N)C1. The van der Waals surface area contributed by atoms with E-state index in [9.17, 15) is 0 Å². The fourth-order valence-electron chi connectivity index (χ4n) is 1.96. The van der Waals surface area contributed by atoms with E-state index in [1.807, 2.05) is 18.7 Å². The van der Waals surface area contributed by atoms with Crippen LogP contribution in [0, 0.1) is 0 Å². The summed E-state index contributed by atoms with van der Waals surface area (Å²) in [6, 6.07) is 1.54. The quantitative estimate of drug-likeness (QED) is 0.727. The molecule has 4 nitrogen and oxygen atoms in total. The zero-order valence-corrected chi connectivity index (χ0v) is 8.56. The van der Waals surface area contributed by atoms with Crippen LogP contribution in [0.5, 0.6) is 0 Å². The predicted molar refractivity (Wildman–Crippen MR) is 55.8 cm³/mol. The number of nitrogens with two attached hydrogens (primary N) is 1. The van der Waals surface area contributed by atoms with Crippen molar-refractivity contribution < 1.29 is 0 Å². The summed E-state index contributed by atoms with van der Waals surface area (Å²) >= 11 is 0. The molecule has 0 radical (unpaired) electrons. The molecule has 1 aromatic rings. The van der Waals surface area contributed by atoms with Crippen molar-refractivity contribution in [2.75, 3.05) is 0 Å². The molecule has 1 atom stereocenters. The van der Waals surface area contributed by atoms with E-state index >= 15 is 0 Å². The molecule has 0 aromatic carbocycles. The van der Waals surface area contributed by atoms with Crippen LogP contribution in [0.2, 0.25) is 0 Å². The number of hydrogen-bond acceptors (Lipinski definition) is 3. The summed E-state index contributed by atoms with van der Waals surface area (Å²) in [4.78, 5) is 4.02. The van der Waals surface area contributed by atoms with E-state index in [4.69, 9.17) is 5.73 Å². The van der Waals surface area contributed by atoms with Gasteiger partial charge in [-0.2, -0.15) is 0 Å². The summed E-state index contributed by atoms with van der Waals surface area (Å²) in [5.41, 5.74) is 5.73. The van der Waals surface area contributed by atoms with E-state index in [2.05, 4.69) is 21.8 Å². The standard InChI is InChI=1S/C10H18N4/c1-8(6-14-3-2-12-7-14)13-10-4-9(11)5-10/h2-3,7-10,13H,4-6,11H2,1H3. The van der Waals surface area contributed by atoms with Gasteiger partial charge in [0.25, 0.3) is 0 Å². The third kappa shape index (κ3) is 2.33. The highest BCUT2D eigenvalue weighted by atomic mass is 15.1. The number of hydrogen-bond donors (Lipinski definition) is 2. The summed E-state index contributed by atoms with van der Waals surface area (Å²) in [7, 11) is 0. The summed E-state index contributed by atoms with van der Waals surface area (Å²) < 4.78 is 2.09. The van der Waals surface area contributed by atoms with Crippen molar-refractivity contribution in [1.29, 1.82) is 0 Å². The normalized spacial score (nSPS) is 28.4. The third-order valence-electron chi connectivity index (χ3n) is 2.74. The van der Waals surface area contributed by atoms with Gasteiger partial charge in [0.1, 0.15) is 0 Å². The van der Waals surface area contributed by atoms with Crippen molar-refractivity contribution in [3.63, 3.8) is 0 Å². The van der Waals surface area contributed by atoms with Crippen LogP contribution < -0.4 is 11.1 Å². The third-order valence-corrected chi connectivity index (χ3v) is 2.74. The van der Waals surface area contributed by atoms with Crippen LogP contribution in [0.15, 0.2) is 18.7 Å². The smallest absolute Gasteiger partial charge is 0.0946 e. The zero-order chi connectivity index (χ0) is 9.97. The first-order valence-electron chi connectivity index (χ1n) is 5.21. The first kappa shape index (κ1) is 9.68. The first-order valence-corrected chi connectivity index (χ1v) is 5.21. The Bertz CT molecular complexity index is 264. The van der Waals surface area contributed by atoms with Crippen LogP contribution in [0.1, 0.15) is 19.8 Å². The van der Waals surface area contributed by atoms with Crippen LogP contribution in [-0.4, -0.2) is 27.7 Å². The lowest BCUT2D eigenvalue weighted by Gasteiger charge is -2.35. The van der Waals surface area contributed by atoms with Crippen LogP contribution in [-0.2, 0) is 6.54 Å². The molecule has 78 valence electrons. The number of imidazole rings is 1. The van der Waals surface area contributed by atoms with Gasteiger partial charge in [-0.05, 0) is 19.8 Å². The summed E-state index contributed by atoms with van der Waals surface area (Å²) in [6.45, 7) is 3.18. The zero-order valence-electron chi connectivity index (χ0n) is 8.56. The van der Waals surface area contributed by atoms with E-state index in [0.717, 1.165) is 19.4 Å². The van der Waals surface area contributed by atoms with Crippen LogP contribution >= 0.6 is 0 Å². The highest BCUT2D eigenvalue weighted by Gasteiger charge is 2.26. The number of aromatic nitrogens is 2. The molecule has 0 amide bonds. The minimum atomic E-state index is 0.424. The molecule has 1 unspecified atom stereocenters.